The lowest BCUT2D eigenvalue weighted by Crippen LogP contribution is -2.21. The molecule has 1 amide bonds. The standard InChI is InChI=1S/C18H14F3NO3/c1-11-2-4-12(5-3-11)6-9-16(24)25-10-15(23)22-14-8-7-13(19)17(20)18(14)21/h2-9H,10H2,1H3,(H,22,23)/b9-6+. The van der Waals surface area contributed by atoms with Crippen LogP contribution in [0.4, 0.5) is 18.9 Å². The van der Waals surface area contributed by atoms with Crippen molar-refractivity contribution in [2.24, 2.45) is 0 Å². The van der Waals surface area contributed by atoms with Crippen LogP contribution >= 0.6 is 0 Å². The van der Waals surface area contributed by atoms with Crippen molar-refractivity contribution in [3.63, 3.8) is 0 Å². The number of esters is 1. The fourth-order valence-electron chi connectivity index (χ4n) is 1.84. The number of carbonyl (C=O) groups excluding carboxylic acids is 2. The highest BCUT2D eigenvalue weighted by Gasteiger charge is 2.15. The average molecular weight is 349 g/mol. The van der Waals surface area contributed by atoms with Crippen LogP contribution in [0.2, 0.25) is 0 Å². The Morgan fingerprint density at radius 1 is 1.04 bits per heavy atom. The zero-order valence-electron chi connectivity index (χ0n) is 13.2. The van der Waals surface area contributed by atoms with E-state index in [1.807, 2.05) is 24.4 Å². The second-order valence-electron chi connectivity index (χ2n) is 5.12. The Bertz CT molecular complexity index is 817. The molecule has 0 unspecified atom stereocenters. The van der Waals surface area contributed by atoms with Gasteiger partial charge in [0.25, 0.3) is 5.91 Å². The summed E-state index contributed by atoms with van der Waals surface area (Å²) in [6.07, 6.45) is 2.64. The minimum absolute atomic E-state index is 0.546. The second-order valence-corrected chi connectivity index (χ2v) is 5.12. The number of nitrogens with one attached hydrogen (secondary N) is 1. The number of hydrogen-bond donors (Lipinski definition) is 1. The maximum absolute atomic E-state index is 13.4. The van der Waals surface area contributed by atoms with Gasteiger partial charge in [0, 0.05) is 6.08 Å². The Labute approximate surface area is 141 Å². The number of halogens is 3. The molecule has 25 heavy (non-hydrogen) atoms. The molecule has 4 nitrogen and oxygen atoms in total. The van der Waals surface area contributed by atoms with Crippen LogP contribution in [0, 0.1) is 24.4 Å². The first-order chi connectivity index (χ1) is 11.9. The highest BCUT2D eigenvalue weighted by molar-refractivity contribution is 5.94. The fourth-order valence-corrected chi connectivity index (χ4v) is 1.84. The monoisotopic (exact) mass is 349 g/mol. The number of aryl methyl sites for hydroxylation is 1. The van der Waals surface area contributed by atoms with Crippen LogP contribution in [0.25, 0.3) is 6.08 Å². The van der Waals surface area contributed by atoms with E-state index >= 15 is 0 Å². The largest absolute Gasteiger partial charge is 0.452 e. The van der Waals surface area contributed by atoms with Crippen LogP contribution in [0.3, 0.4) is 0 Å². The van der Waals surface area contributed by atoms with Crippen LogP contribution < -0.4 is 5.32 Å². The Kier molecular flexibility index (Phi) is 5.94. The van der Waals surface area contributed by atoms with Gasteiger partial charge in [0.1, 0.15) is 0 Å². The summed E-state index contributed by atoms with van der Waals surface area (Å²) in [5.74, 6) is -6.26. The lowest BCUT2D eigenvalue weighted by molar-refractivity contribution is -0.142. The van der Waals surface area contributed by atoms with Gasteiger partial charge in [-0.15, -0.1) is 0 Å². The molecular formula is C18H14F3NO3. The van der Waals surface area contributed by atoms with Gasteiger partial charge < -0.3 is 10.1 Å². The highest BCUT2D eigenvalue weighted by Crippen LogP contribution is 2.19. The van der Waals surface area contributed by atoms with Gasteiger partial charge in [0.2, 0.25) is 0 Å². The van der Waals surface area contributed by atoms with E-state index in [1.54, 1.807) is 12.1 Å². The normalized spacial score (nSPS) is 10.7. The molecule has 0 saturated carbocycles. The molecule has 0 heterocycles. The van der Waals surface area contributed by atoms with Crippen LogP contribution in [-0.2, 0) is 14.3 Å². The van der Waals surface area contributed by atoms with Crippen molar-refractivity contribution >= 4 is 23.6 Å². The number of amides is 1. The Balaban J connectivity index is 1.86. The number of hydrogen-bond acceptors (Lipinski definition) is 3. The van der Waals surface area contributed by atoms with Gasteiger partial charge in [-0.2, -0.15) is 0 Å². The van der Waals surface area contributed by atoms with Gasteiger partial charge in [-0.25, -0.2) is 18.0 Å². The number of anilines is 1. The van der Waals surface area contributed by atoms with Gasteiger partial charge in [0.15, 0.2) is 24.1 Å². The summed E-state index contributed by atoms with van der Waals surface area (Å²) in [5, 5.41) is 1.99. The molecule has 2 rings (SSSR count). The van der Waals surface area contributed by atoms with Crippen molar-refractivity contribution in [1.29, 1.82) is 0 Å². The lowest BCUT2D eigenvalue weighted by Gasteiger charge is -2.07. The predicted octanol–water partition coefficient (Wildman–Crippen LogP) is 3.61. The Hall–Kier alpha value is -3.09. The SMILES string of the molecule is Cc1ccc(/C=C/C(=O)OCC(=O)Nc2ccc(F)c(F)c2F)cc1. The molecule has 1 N–H and O–H groups in total. The van der Waals surface area contributed by atoms with Crippen molar-refractivity contribution in [3.05, 3.63) is 71.1 Å². The van der Waals surface area contributed by atoms with E-state index in [9.17, 15) is 22.8 Å². The van der Waals surface area contributed by atoms with Crippen molar-refractivity contribution in [1.82, 2.24) is 0 Å². The Morgan fingerprint density at radius 2 is 1.72 bits per heavy atom. The third-order valence-electron chi connectivity index (χ3n) is 3.14. The highest BCUT2D eigenvalue weighted by atomic mass is 19.2. The summed E-state index contributed by atoms with van der Waals surface area (Å²) < 4.78 is 43.9. The van der Waals surface area contributed by atoms with E-state index in [2.05, 4.69) is 4.74 Å². The summed E-state index contributed by atoms with van der Waals surface area (Å²) >= 11 is 0. The molecule has 0 saturated heterocycles. The summed E-state index contributed by atoms with van der Waals surface area (Å²) in [6.45, 7) is 1.23. The summed E-state index contributed by atoms with van der Waals surface area (Å²) in [5.41, 5.74) is 1.30. The molecule has 0 aromatic heterocycles. The fraction of sp³-hybridized carbons (Fsp3) is 0.111. The number of rotatable bonds is 5. The molecule has 0 aliphatic rings. The van der Waals surface area contributed by atoms with Gasteiger partial charge in [0.05, 0.1) is 5.69 Å². The molecule has 2 aromatic rings. The van der Waals surface area contributed by atoms with Gasteiger partial charge >= 0.3 is 5.97 Å². The van der Waals surface area contributed by atoms with Crippen molar-refractivity contribution in [3.8, 4) is 0 Å². The van der Waals surface area contributed by atoms with Crippen molar-refractivity contribution < 1.29 is 27.5 Å². The smallest absolute Gasteiger partial charge is 0.331 e. The minimum atomic E-state index is -1.70. The van der Waals surface area contributed by atoms with Gasteiger partial charge in [-0.1, -0.05) is 29.8 Å². The van der Waals surface area contributed by atoms with Crippen LogP contribution in [0.5, 0.6) is 0 Å². The van der Waals surface area contributed by atoms with Crippen molar-refractivity contribution in [2.75, 3.05) is 11.9 Å². The molecule has 0 spiro atoms. The quantitative estimate of drug-likeness (QED) is 0.510. The average Bonchev–Trinajstić information content (AvgIpc) is 2.60. The first kappa shape index (κ1) is 18.3. The predicted molar refractivity (Wildman–Crippen MR) is 86.1 cm³/mol. The minimum Gasteiger partial charge on any atom is -0.452 e. The van der Waals surface area contributed by atoms with E-state index < -0.39 is 41.6 Å². The maximum Gasteiger partial charge on any atom is 0.331 e. The zero-order valence-corrected chi connectivity index (χ0v) is 13.2. The van der Waals surface area contributed by atoms with Gasteiger partial charge in [-0.05, 0) is 30.7 Å². The lowest BCUT2D eigenvalue weighted by atomic mass is 10.1. The summed E-state index contributed by atoms with van der Waals surface area (Å²) in [4.78, 5) is 23.1. The number of benzene rings is 2. The maximum atomic E-state index is 13.4. The first-order valence-electron chi connectivity index (χ1n) is 7.21. The number of carbonyl (C=O) groups is 2. The van der Waals surface area contributed by atoms with Crippen LogP contribution in [0.15, 0.2) is 42.5 Å². The van der Waals surface area contributed by atoms with E-state index in [1.165, 1.54) is 6.08 Å². The molecule has 0 bridgehead atoms. The molecule has 7 heteroatoms. The second kappa shape index (κ2) is 8.14. The molecule has 2 aromatic carbocycles. The number of ether oxygens (including phenoxy) is 1. The molecule has 130 valence electrons. The molecule has 0 aliphatic carbocycles. The molecule has 0 aliphatic heterocycles. The summed E-state index contributed by atoms with van der Waals surface area (Å²) in [6, 6.07) is 8.88. The van der Waals surface area contributed by atoms with E-state index in [0.717, 1.165) is 23.3 Å². The topological polar surface area (TPSA) is 55.4 Å². The molecular weight excluding hydrogens is 335 g/mol. The van der Waals surface area contributed by atoms with E-state index in [0.29, 0.717) is 6.07 Å². The molecule has 0 atom stereocenters. The Morgan fingerprint density at radius 3 is 2.40 bits per heavy atom. The first-order valence-corrected chi connectivity index (χ1v) is 7.21. The van der Waals surface area contributed by atoms with Gasteiger partial charge in [-0.3, -0.25) is 4.79 Å². The van der Waals surface area contributed by atoms with Crippen molar-refractivity contribution in [2.45, 2.75) is 6.92 Å². The van der Waals surface area contributed by atoms with E-state index in [4.69, 9.17) is 0 Å². The third kappa shape index (κ3) is 5.20. The third-order valence-corrected chi connectivity index (χ3v) is 3.14. The van der Waals surface area contributed by atoms with E-state index in [-0.39, 0.29) is 0 Å². The van der Waals surface area contributed by atoms with Crippen LogP contribution in [0.1, 0.15) is 11.1 Å². The summed E-state index contributed by atoms with van der Waals surface area (Å²) in [7, 11) is 0. The molecule has 0 radical (unpaired) electrons. The zero-order chi connectivity index (χ0) is 18.4. The molecule has 0 fully saturated rings. The van der Waals surface area contributed by atoms with Crippen LogP contribution in [-0.4, -0.2) is 18.5 Å².